The molecule has 1 atom stereocenters. The van der Waals surface area contributed by atoms with Gasteiger partial charge in [-0.05, 0) is 26.0 Å². The van der Waals surface area contributed by atoms with Crippen molar-refractivity contribution in [3.05, 3.63) is 35.9 Å². The summed E-state index contributed by atoms with van der Waals surface area (Å²) >= 11 is 0. The van der Waals surface area contributed by atoms with Crippen LogP contribution in [0.4, 0.5) is 4.79 Å². The summed E-state index contributed by atoms with van der Waals surface area (Å²) in [6.07, 6.45) is 0.658. The van der Waals surface area contributed by atoms with E-state index in [0.29, 0.717) is 17.9 Å². The molecule has 1 aromatic carbocycles. The minimum atomic E-state index is -1.13. The number of hydrogen-bond acceptors (Lipinski definition) is 6. The van der Waals surface area contributed by atoms with E-state index < -0.39 is 24.1 Å². The molecule has 0 saturated carbocycles. The van der Waals surface area contributed by atoms with Gasteiger partial charge in [-0.3, -0.25) is 10.1 Å². The largest absolute Gasteiger partial charge is 0.493 e. The van der Waals surface area contributed by atoms with E-state index in [2.05, 4.69) is 4.74 Å². The van der Waals surface area contributed by atoms with Crippen molar-refractivity contribution < 1.29 is 28.6 Å². The van der Waals surface area contributed by atoms with Gasteiger partial charge in [0.15, 0.2) is 6.10 Å². The van der Waals surface area contributed by atoms with Gasteiger partial charge in [-0.25, -0.2) is 9.59 Å². The highest BCUT2D eigenvalue weighted by Gasteiger charge is 2.19. The van der Waals surface area contributed by atoms with Crippen LogP contribution >= 0.6 is 0 Å². The summed E-state index contributed by atoms with van der Waals surface area (Å²) < 4.78 is 14.6. The van der Waals surface area contributed by atoms with Crippen LogP contribution in [0.25, 0.3) is 6.08 Å². The zero-order valence-electron chi connectivity index (χ0n) is 13.2. The number of carbonyl (C=O) groups excluding carboxylic acids is 3. The summed E-state index contributed by atoms with van der Waals surface area (Å²) in [5.74, 6) is -0.854. The Morgan fingerprint density at radius 2 is 1.96 bits per heavy atom. The summed E-state index contributed by atoms with van der Waals surface area (Å²) in [5.41, 5.74) is 0.706. The Morgan fingerprint density at radius 3 is 2.61 bits per heavy atom. The molecule has 1 rings (SSSR count). The average Bonchev–Trinajstić information content (AvgIpc) is 2.54. The second-order valence-electron chi connectivity index (χ2n) is 4.36. The van der Waals surface area contributed by atoms with Crippen LogP contribution in [0.15, 0.2) is 30.3 Å². The molecule has 0 heterocycles. The quantitative estimate of drug-likeness (QED) is 0.636. The number of nitrogens with one attached hydrogen (secondary N) is 1. The lowest BCUT2D eigenvalue weighted by Crippen LogP contribution is -2.39. The van der Waals surface area contributed by atoms with E-state index >= 15 is 0 Å². The molecule has 0 spiro atoms. The second kappa shape index (κ2) is 9.24. The first-order valence-electron chi connectivity index (χ1n) is 6.97. The van der Waals surface area contributed by atoms with Gasteiger partial charge in [0.05, 0.1) is 13.7 Å². The first kappa shape index (κ1) is 18.2. The standard InChI is InChI=1S/C16H19NO6/c1-4-22-13-8-6-5-7-12(13)9-10-14(18)23-11(2)15(19)17-16(20)21-3/h5-11H,4H2,1-3H3,(H,17,19,20)/b10-9+/t11-/m0/s1. The molecule has 7 nitrogen and oxygen atoms in total. The van der Waals surface area contributed by atoms with Gasteiger partial charge in [0.2, 0.25) is 0 Å². The van der Waals surface area contributed by atoms with E-state index in [1.165, 1.54) is 19.1 Å². The van der Waals surface area contributed by atoms with Crippen LogP contribution in [0.1, 0.15) is 19.4 Å². The van der Waals surface area contributed by atoms with Gasteiger partial charge in [0.25, 0.3) is 5.91 Å². The first-order chi connectivity index (χ1) is 11.0. The molecule has 124 valence electrons. The zero-order valence-corrected chi connectivity index (χ0v) is 13.2. The lowest BCUT2D eigenvalue weighted by molar-refractivity contribution is -0.149. The third kappa shape index (κ3) is 6.21. The molecule has 2 amide bonds. The third-order valence-electron chi connectivity index (χ3n) is 2.69. The van der Waals surface area contributed by atoms with Gasteiger partial charge in [-0.15, -0.1) is 0 Å². The van der Waals surface area contributed by atoms with Crippen molar-refractivity contribution in [1.29, 1.82) is 0 Å². The molecule has 0 aromatic heterocycles. The Balaban J connectivity index is 2.62. The highest BCUT2D eigenvalue weighted by Crippen LogP contribution is 2.19. The van der Waals surface area contributed by atoms with Gasteiger partial charge < -0.3 is 14.2 Å². The number of methoxy groups -OCH3 is 1. The predicted molar refractivity (Wildman–Crippen MR) is 82.7 cm³/mol. The molecule has 0 saturated heterocycles. The minimum absolute atomic E-state index is 0.500. The van der Waals surface area contributed by atoms with E-state index in [0.717, 1.165) is 7.11 Å². The van der Waals surface area contributed by atoms with Crippen molar-refractivity contribution in [2.45, 2.75) is 20.0 Å². The number of carbonyl (C=O) groups is 3. The molecule has 0 fully saturated rings. The van der Waals surface area contributed by atoms with Crippen LogP contribution < -0.4 is 10.1 Å². The van der Waals surface area contributed by atoms with Crippen molar-refractivity contribution >= 4 is 24.0 Å². The van der Waals surface area contributed by atoms with Crippen molar-refractivity contribution in [3.8, 4) is 5.75 Å². The first-order valence-corrected chi connectivity index (χ1v) is 6.97. The number of imide groups is 1. The second-order valence-corrected chi connectivity index (χ2v) is 4.36. The molecule has 7 heteroatoms. The number of esters is 1. The molecular weight excluding hydrogens is 302 g/mol. The summed E-state index contributed by atoms with van der Waals surface area (Å²) in [5, 5.41) is 1.91. The van der Waals surface area contributed by atoms with Crippen LogP contribution in [0, 0.1) is 0 Å². The van der Waals surface area contributed by atoms with Crippen molar-refractivity contribution in [1.82, 2.24) is 5.32 Å². The topological polar surface area (TPSA) is 90.9 Å². The number of hydrogen-bond donors (Lipinski definition) is 1. The SMILES string of the molecule is CCOc1ccccc1/C=C/C(=O)O[C@@H](C)C(=O)NC(=O)OC. The Morgan fingerprint density at radius 1 is 1.26 bits per heavy atom. The molecule has 0 bridgehead atoms. The van der Waals surface area contributed by atoms with Crippen LogP contribution in [0.2, 0.25) is 0 Å². The maximum Gasteiger partial charge on any atom is 0.413 e. The summed E-state index contributed by atoms with van der Waals surface area (Å²) in [7, 11) is 1.12. The number of rotatable bonds is 6. The van der Waals surface area contributed by atoms with E-state index in [1.807, 2.05) is 18.3 Å². The molecule has 0 aliphatic carbocycles. The van der Waals surface area contributed by atoms with Gasteiger partial charge in [0.1, 0.15) is 5.75 Å². The van der Waals surface area contributed by atoms with E-state index in [1.54, 1.807) is 18.2 Å². The molecule has 1 aromatic rings. The maximum absolute atomic E-state index is 11.7. The van der Waals surface area contributed by atoms with Crippen molar-refractivity contribution in [3.63, 3.8) is 0 Å². The van der Waals surface area contributed by atoms with E-state index in [9.17, 15) is 14.4 Å². The Bertz CT molecular complexity index is 596. The summed E-state index contributed by atoms with van der Waals surface area (Å²) in [6.45, 7) is 3.70. The predicted octanol–water partition coefficient (Wildman–Crippen LogP) is 1.91. The Labute approximate surface area is 134 Å². The van der Waals surface area contributed by atoms with Gasteiger partial charge >= 0.3 is 12.1 Å². The molecule has 0 radical (unpaired) electrons. The average molecular weight is 321 g/mol. The van der Waals surface area contributed by atoms with Crippen LogP contribution in [0.5, 0.6) is 5.75 Å². The molecule has 1 N–H and O–H groups in total. The van der Waals surface area contributed by atoms with Gasteiger partial charge in [-0.1, -0.05) is 18.2 Å². The van der Waals surface area contributed by atoms with Crippen molar-refractivity contribution in [2.24, 2.45) is 0 Å². The fourth-order valence-electron chi connectivity index (χ4n) is 1.58. The molecule has 0 unspecified atom stereocenters. The van der Waals surface area contributed by atoms with Crippen LogP contribution in [-0.4, -0.2) is 37.8 Å². The van der Waals surface area contributed by atoms with E-state index in [4.69, 9.17) is 9.47 Å². The van der Waals surface area contributed by atoms with Crippen LogP contribution in [0.3, 0.4) is 0 Å². The van der Waals surface area contributed by atoms with Gasteiger partial charge in [-0.2, -0.15) is 0 Å². The number of para-hydroxylation sites is 1. The lowest BCUT2D eigenvalue weighted by Gasteiger charge is -2.11. The fraction of sp³-hybridized carbons (Fsp3) is 0.312. The monoisotopic (exact) mass is 321 g/mol. The number of ether oxygens (including phenoxy) is 3. The minimum Gasteiger partial charge on any atom is -0.493 e. The highest BCUT2D eigenvalue weighted by atomic mass is 16.6. The maximum atomic E-state index is 11.7. The molecular formula is C16H19NO6. The normalized spacial score (nSPS) is 11.6. The smallest absolute Gasteiger partial charge is 0.413 e. The Hall–Kier alpha value is -2.83. The number of alkyl carbamates (subject to hydrolysis) is 1. The summed E-state index contributed by atoms with van der Waals surface area (Å²) in [6, 6.07) is 7.18. The van der Waals surface area contributed by atoms with E-state index in [-0.39, 0.29) is 0 Å². The van der Waals surface area contributed by atoms with Crippen LogP contribution in [-0.2, 0) is 19.1 Å². The molecule has 0 aliphatic heterocycles. The van der Waals surface area contributed by atoms with Crippen molar-refractivity contribution in [2.75, 3.05) is 13.7 Å². The lowest BCUT2D eigenvalue weighted by atomic mass is 10.2. The highest BCUT2D eigenvalue weighted by molar-refractivity contribution is 5.96. The van der Waals surface area contributed by atoms with Gasteiger partial charge in [0, 0.05) is 11.6 Å². The molecule has 0 aliphatic rings. The Kier molecular flexibility index (Phi) is 7.32. The zero-order chi connectivity index (χ0) is 17.2. The fourth-order valence-corrected chi connectivity index (χ4v) is 1.58. The number of amides is 2. The number of benzene rings is 1. The molecule has 23 heavy (non-hydrogen) atoms. The summed E-state index contributed by atoms with van der Waals surface area (Å²) in [4.78, 5) is 34.1. The third-order valence-corrected chi connectivity index (χ3v) is 2.69.